The summed E-state index contributed by atoms with van der Waals surface area (Å²) in [5.41, 5.74) is 9.68. The third-order valence-electron chi connectivity index (χ3n) is 6.16. The second-order valence-electron chi connectivity index (χ2n) is 8.62. The minimum atomic E-state index is -0.771. The first-order chi connectivity index (χ1) is 16.3. The number of pyridine rings is 1. The Morgan fingerprint density at radius 3 is 2.50 bits per heavy atom. The van der Waals surface area contributed by atoms with Gasteiger partial charge in [0.1, 0.15) is 28.5 Å². The molecule has 0 amide bonds. The summed E-state index contributed by atoms with van der Waals surface area (Å²) in [5, 5.41) is 0. The van der Waals surface area contributed by atoms with Crippen LogP contribution in [0, 0.1) is 24.4 Å². The van der Waals surface area contributed by atoms with Crippen LogP contribution in [0.2, 0.25) is 0 Å². The Labute approximate surface area is 194 Å². The zero-order valence-electron chi connectivity index (χ0n) is 18.8. The summed E-state index contributed by atoms with van der Waals surface area (Å²) in [6, 6.07) is 6.86. The van der Waals surface area contributed by atoms with Crippen LogP contribution >= 0.6 is 0 Å². The van der Waals surface area contributed by atoms with Crippen molar-refractivity contribution in [1.82, 2.24) is 15.0 Å². The number of ether oxygens (including phenoxy) is 1. The summed E-state index contributed by atoms with van der Waals surface area (Å²) in [7, 11) is 1.48. The molecular formula is C25H24F3N5O. The van der Waals surface area contributed by atoms with Crippen LogP contribution in [0.1, 0.15) is 18.4 Å². The number of aryl methyl sites for hydroxylation is 1. The van der Waals surface area contributed by atoms with E-state index in [4.69, 9.17) is 10.5 Å². The molecule has 9 heteroatoms. The first-order valence-electron chi connectivity index (χ1n) is 11.0. The molecule has 0 saturated carbocycles. The molecule has 3 N–H and O–H groups in total. The topological polar surface area (TPSA) is 80.1 Å². The molecule has 4 aromatic rings. The number of halogens is 3. The lowest BCUT2D eigenvalue weighted by molar-refractivity contribution is 0.399. The smallest absolute Gasteiger partial charge is 0.226 e. The number of aromatic amines is 1. The van der Waals surface area contributed by atoms with E-state index in [1.807, 2.05) is 13.0 Å². The van der Waals surface area contributed by atoms with Gasteiger partial charge in [0.25, 0.3) is 0 Å². The van der Waals surface area contributed by atoms with Gasteiger partial charge in [-0.15, -0.1) is 0 Å². The largest absolute Gasteiger partial charge is 0.480 e. The van der Waals surface area contributed by atoms with Gasteiger partial charge in [0, 0.05) is 37.0 Å². The highest BCUT2D eigenvalue weighted by atomic mass is 19.1. The van der Waals surface area contributed by atoms with Gasteiger partial charge in [-0.25, -0.2) is 23.1 Å². The molecule has 6 nitrogen and oxygen atoms in total. The van der Waals surface area contributed by atoms with Crippen LogP contribution < -0.4 is 15.4 Å². The van der Waals surface area contributed by atoms with Gasteiger partial charge in [0.15, 0.2) is 5.82 Å². The molecule has 34 heavy (non-hydrogen) atoms. The van der Waals surface area contributed by atoms with Crippen molar-refractivity contribution in [1.29, 1.82) is 0 Å². The van der Waals surface area contributed by atoms with Crippen molar-refractivity contribution in [3.63, 3.8) is 0 Å². The van der Waals surface area contributed by atoms with Crippen LogP contribution in [0.5, 0.6) is 5.88 Å². The maximum Gasteiger partial charge on any atom is 0.226 e. The van der Waals surface area contributed by atoms with Crippen molar-refractivity contribution in [2.24, 2.45) is 5.73 Å². The number of nitrogens with zero attached hydrogens (tertiary/aromatic N) is 3. The highest BCUT2D eigenvalue weighted by molar-refractivity contribution is 5.93. The summed E-state index contributed by atoms with van der Waals surface area (Å²) < 4.78 is 48.2. The Morgan fingerprint density at radius 2 is 1.79 bits per heavy atom. The average Bonchev–Trinajstić information content (AvgIpc) is 3.22. The van der Waals surface area contributed by atoms with Gasteiger partial charge in [0.2, 0.25) is 5.88 Å². The van der Waals surface area contributed by atoms with E-state index in [0.717, 1.165) is 30.2 Å². The first kappa shape index (κ1) is 22.2. The minimum absolute atomic E-state index is 0.0112. The molecule has 1 aliphatic heterocycles. The molecule has 176 valence electrons. The van der Waals surface area contributed by atoms with E-state index in [1.54, 1.807) is 6.20 Å². The normalized spacial score (nSPS) is 14.7. The third-order valence-corrected chi connectivity index (χ3v) is 6.16. The van der Waals surface area contributed by atoms with Gasteiger partial charge in [0.05, 0.1) is 18.3 Å². The molecule has 5 rings (SSSR count). The van der Waals surface area contributed by atoms with Crippen molar-refractivity contribution in [2.45, 2.75) is 25.8 Å². The van der Waals surface area contributed by atoms with Crippen LogP contribution in [0.3, 0.4) is 0 Å². The molecule has 0 spiro atoms. The fraction of sp³-hybridized carbons (Fsp3) is 0.280. The highest BCUT2D eigenvalue weighted by Crippen LogP contribution is 2.44. The summed E-state index contributed by atoms with van der Waals surface area (Å²) >= 11 is 0. The fourth-order valence-electron chi connectivity index (χ4n) is 4.57. The Hall–Kier alpha value is -3.59. The summed E-state index contributed by atoms with van der Waals surface area (Å²) in [6.45, 7) is 3.14. The molecule has 0 unspecified atom stereocenters. The van der Waals surface area contributed by atoms with Crippen LogP contribution in [0.15, 0.2) is 36.5 Å². The number of fused-ring (bicyclic) bond motifs is 1. The third kappa shape index (κ3) is 3.96. The second kappa shape index (κ2) is 8.64. The van der Waals surface area contributed by atoms with E-state index in [9.17, 15) is 13.2 Å². The van der Waals surface area contributed by atoms with Crippen molar-refractivity contribution in [3.8, 4) is 28.4 Å². The molecule has 0 atom stereocenters. The van der Waals surface area contributed by atoms with Crippen LogP contribution in [0.4, 0.5) is 18.9 Å². The number of piperidine rings is 1. The zero-order valence-corrected chi connectivity index (χ0v) is 18.8. The number of hydrogen-bond donors (Lipinski definition) is 2. The van der Waals surface area contributed by atoms with E-state index in [2.05, 4.69) is 19.9 Å². The van der Waals surface area contributed by atoms with Crippen molar-refractivity contribution < 1.29 is 17.9 Å². The number of benzene rings is 2. The number of nitrogens with two attached hydrogens (primary N) is 1. The quantitative estimate of drug-likeness (QED) is 0.444. The van der Waals surface area contributed by atoms with Crippen molar-refractivity contribution >= 4 is 16.7 Å². The number of aromatic nitrogens is 3. The van der Waals surface area contributed by atoms with E-state index in [1.165, 1.54) is 25.3 Å². The predicted octanol–water partition coefficient (Wildman–Crippen LogP) is 4.95. The number of hydrogen-bond acceptors (Lipinski definition) is 5. The zero-order chi connectivity index (χ0) is 24.0. The lowest BCUT2D eigenvalue weighted by Gasteiger charge is -2.34. The standard InChI is InChI=1S/C25H24F3N5O/c1-13-7-14(9-15(26)8-13)18-12-30-25(34-2)21(23(18)33-5-3-17(29)4-6-33)24-31-20-11-16(27)10-19(28)22(20)32-24/h7-12,17H,3-6,29H2,1-2H3,(H,31,32). The Bertz CT molecular complexity index is 1360. The van der Waals surface area contributed by atoms with Gasteiger partial charge in [-0.3, -0.25) is 0 Å². The molecule has 0 radical (unpaired) electrons. The van der Waals surface area contributed by atoms with E-state index in [-0.39, 0.29) is 34.6 Å². The van der Waals surface area contributed by atoms with Crippen LogP contribution in [0.25, 0.3) is 33.5 Å². The summed E-state index contributed by atoms with van der Waals surface area (Å²) in [5.74, 6) is -1.29. The summed E-state index contributed by atoms with van der Waals surface area (Å²) in [6.07, 6.45) is 3.18. The van der Waals surface area contributed by atoms with Gasteiger partial charge >= 0.3 is 0 Å². The minimum Gasteiger partial charge on any atom is -0.480 e. The molecule has 0 bridgehead atoms. The van der Waals surface area contributed by atoms with E-state index >= 15 is 0 Å². The Morgan fingerprint density at radius 1 is 1.06 bits per heavy atom. The lowest BCUT2D eigenvalue weighted by Crippen LogP contribution is -2.40. The lowest BCUT2D eigenvalue weighted by atomic mass is 9.97. The number of H-pyrrole nitrogens is 1. The number of rotatable bonds is 4. The number of methoxy groups -OCH3 is 1. The summed E-state index contributed by atoms with van der Waals surface area (Å²) in [4.78, 5) is 14.1. The van der Waals surface area contributed by atoms with Gasteiger partial charge in [-0.2, -0.15) is 0 Å². The number of anilines is 1. The molecule has 2 aromatic carbocycles. The van der Waals surface area contributed by atoms with Crippen molar-refractivity contribution in [3.05, 3.63) is 59.5 Å². The fourth-order valence-corrected chi connectivity index (χ4v) is 4.57. The molecule has 2 aromatic heterocycles. The second-order valence-corrected chi connectivity index (χ2v) is 8.62. The Balaban J connectivity index is 1.80. The van der Waals surface area contributed by atoms with Crippen LogP contribution in [-0.4, -0.2) is 41.2 Å². The molecule has 1 aliphatic rings. The highest BCUT2D eigenvalue weighted by Gasteiger charge is 2.28. The van der Waals surface area contributed by atoms with E-state index in [0.29, 0.717) is 29.8 Å². The maximum atomic E-state index is 14.5. The molecule has 1 fully saturated rings. The van der Waals surface area contributed by atoms with Gasteiger partial charge < -0.3 is 20.4 Å². The number of nitrogens with one attached hydrogen (secondary N) is 1. The molecule has 1 saturated heterocycles. The molecule has 0 aliphatic carbocycles. The van der Waals surface area contributed by atoms with Crippen molar-refractivity contribution in [2.75, 3.05) is 25.1 Å². The monoisotopic (exact) mass is 467 g/mol. The van der Waals surface area contributed by atoms with Gasteiger partial charge in [-0.1, -0.05) is 6.07 Å². The number of imidazole rings is 1. The average molecular weight is 467 g/mol. The predicted molar refractivity (Wildman–Crippen MR) is 125 cm³/mol. The molecular weight excluding hydrogens is 443 g/mol. The van der Waals surface area contributed by atoms with Gasteiger partial charge in [-0.05, 0) is 49.1 Å². The maximum absolute atomic E-state index is 14.5. The SMILES string of the molecule is COc1ncc(-c2cc(C)cc(F)c2)c(N2CCC(N)CC2)c1-c1nc2c(F)cc(F)cc2[nH]1. The molecule has 3 heterocycles. The van der Waals surface area contributed by atoms with Crippen LogP contribution in [-0.2, 0) is 0 Å². The first-order valence-corrected chi connectivity index (χ1v) is 11.0. The van der Waals surface area contributed by atoms with E-state index < -0.39 is 11.6 Å². The Kier molecular flexibility index (Phi) is 5.65.